The topological polar surface area (TPSA) is 99.1 Å². The number of rotatable bonds is 4. The molecular weight excluding hydrogens is 436 g/mol. The van der Waals surface area contributed by atoms with Gasteiger partial charge in [0.1, 0.15) is 17.2 Å². The summed E-state index contributed by atoms with van der Waals surface area (Å²) < 4.78 is 16.4. The van der Waals surface area contributed by atoms with E-state index in [2.05, 4.69) is 0 Å². The molecule has 32 heavy (non-hydrogen) atoms. The van der Waals surface area contributed by atoms with Crippen LogP contribution in [0.3, 0.4) is 0 Å². The van der Waals surface area contributed by atoms with Crippen molar-refractivity contribution in [3.8, 4) is 23.0 Å². The third kappa shape index (κ3) is 4.02. The maximum absolute atomic E-state index is 11.9. The number of benzene rings is 3. The van der Waals surface area contributed by atoms with Crippen LogP contribution in [-0.4, -0.2) is 23.0 Å². The van der Waals surface area contributed by atoms with E-state index in [9.17, 15) is 19.5 Å². The molecule has 1 aliphatic rings. The van der Waals surface area contributed by atoms with Crippen molar-refractivity contribution in [1.29, 1.82) is 0 Å². The number of hydrogen-bond donors (Lipinski definition) is 1. The van der Waals surface area contributed by atoms with Crippen molar-refractivity contribution in [3.05, 3.63) is 81.9 Å². The molecule has 0 spiro atoms. The fraction of sp³-hybridized carbons (Fsp3) is 0.125. The molecule has 1 unspecified atom stereocenters. The number of ether oxygens (including phenoxy) is 3. The Morgan fingerprint density at radius 3 is 2.25 bits per heavy atom. The van der Waals surface area contributed by atoms with Crippen LogP contribution in [0.25, 0.3) is 0 Å². The number of aromatic carboxylic acids is 1. The van der Waals surface area contributed by atoms with Crippen LogP contribution in [0.2, 0.25) is 5.02 Å². The van der Waals surface area contributed by atoms with Crippen molar-refractivity contribution < 1.29 is 33.7 Å². The van der Waals surface area contributed by atoms with Crippen LogP contribution in [0.1, 0.15) is 46.8 Å². The molecule has 1 N–H and O–H groups in total. The summed E-state index contributed by atoms with van der Waals surface area (Å²) in [6.45, 7) is 2.54. The number of hydrogen-bond acceptors (Lipinski definition) is 6. The Balaban J connectivity index is 1.95. The standard InChI is InChI=1S/C24H17ClO7/c1-12(26)30-14-7-8-17-20(9-14)32-21-11-22(31-13(2)27)19(25)10-18(21)23(17)15-5-3-4-6-16(15)24(28)29/h3-11,23H,1-2H3,(H,28,29). The van der Waals surface area contributed by atoms with E-state index in [-0.39, 0.29) is 22.1 Å². The lowest BCUT2D eigenvalue weighted by Gasteiger charge is -2.30. The summed E-state index contributed by atoms with van der Waals surface area (Å²) >= 11 is 6.36. The molecule has 8 heteroatoms. The molecule has 0 aromatic heterocycles. The van der Waals surface area contributed by atoms with Gasteiger partial charge in [-0.1, -0.05) is 35.9 Å². The summed E-state index contributed by atoms with van der Waals surface area (Å²) in [5.74, 6) is -1.56. The lowest BCUT2D eigenvalue weighted by molar-refractivity contribution is -0.132. The van der Waals surface area contributed by atoms with Crippen molar-refractivity contribution in [3.63, 3.8) is 0 Å². The number of fused-ring (bicyclic) bond motifs is 2. The average molecular weight is 453 g/mol. The average Bonchev–Trinajstić information content (AvgIpc) is 2.72. The van der Waals surface area contributed by atoms with Gasteiger partial charge in [0.2, 0.25) is 0 Å². The molecule has 0 radical (unpaired) electrons. The molecule has 1 aliphatic heterocycles. The van der Waals surface area contributed by atoms with Crippen LogP contribution >= 0.6 is 11.6 Å². The number of carbonyl (C=O) groups is 3. The van der Waals surface area contributed by atoms with Gasteiger partial charge < -0.3 is 19.3 Å². The minimum Gasteiger partial charge on any atom is -0.478 e. The molecule has 4 rings (SSSR count). The number of carbonyl (C=O) groups excluding carboxylic acids is 2. The first kappa shape index (κ1) is 21.4. The summed E-state index contributed by atoms with van der Waals surface area (Å²) in [6.07, 6.45) is 0. The first-order chi connectivity index (χ1) is 15.2. The Morgan fingerprint density at radius 2 is 1.56 bits per heavy atom. The van der Waals surface area contributed by atoms with Crippen LogP contribution in [0.15, 0.2) is 54.6 Å². The molecule has 3 aromatic carbocycles. The first-order valence-electron chi connectivity index (χ1n) is 9.59. The van der Waals surface area contributed by atoms with Gasteiger partial charge in [-0.2, -0.15) is 0 Å². The Kier molecular flexibility index (Phi) is 5.59. The smallest absolute Gasteiger partial charge is 0.335 e. The summed E-state index contributed by atoms with van der Waals surface area (Å²) in [5.41, 5.74) is 1.92. The first-order valence-corrected chi connectivity index (χ1v) is 9.96. The summed E-state index contributed by atoms with van der Waals surface area (Å²) in [6, 6.07) is 14.6. The van der Waals surface area contributed by atoms with E-state index in [0.29, 0.717) is 28.2 Å². The molecule has 0 saturated carbocycles. The van der Waals surface area contributed by atoms with Gasteiger partial charge in [0.05, 0.1) is 10.6 Å². The second-order valence-electron chi connectivity index (χ2n) is 7.13. The van der Waals surface area contributed by atoms with Gasteiger partial charge in [0.15, 0.2) is 5.75 Å². The van der Waals surface area contributed by atoms with Crippen molar-refractivity contribution >= 4 is 29.5 Å². The largest absolute Gasteiger partial charge is 0.478 e. The maximum atomic E-state index is 11.9. The van der Waals surface area contributed by atoms with Crippen LogP contribution in [0.5, 0.6) is 23.0 Å². The van der Waals surface area contributed by atoms with Crippen molar-refractivity contribution in [2.75, 3.05) is 0 Å². The third-order valence-corrected chi connectivity index (χ3v) is 5.20. The SMILES string of the molecule is CC(=O)Oc1ccc2c(c1)Oc1cc(OC(C)=O)c(Cl)cc1C2c1ccccc1C(=O)O. The molecular formula is C24H17ClO7. The van der Waals surface area contributed by atoms with Crippen LogP contribution in [-0.2, 0) is 9.59 Å². The predicted molar refractivity (Wildman–Crippen MR) is 115 cm³/mol. The number of carboxylic acid groups (broad SMARTS) is 1. The van der Waals surface area contributed by atoms with E-state index in [4.69, 9.17) is 25.8 Å². The maximum Gasteiger partial charge on any atom is 0.335 e. The predicted octanol–water partition coefficient (Wildman–Crippen LogP) is 5.17. The second-order valence-corrected chi connectivity index (χ2v) is 7.54. The molecule has 0 amide bonds. The van der Waals surface area contributed by atoms with E-state index in [0.717, 1.165) is 0 Å². The van der Waals surface area contributed by atoms with Gasteiger partial charge in [-0.3, -0.25) is 9.59 Å². The minimum absolute atomic E-state index is 0.114. The molecule has 1 atom stereocenters. The monoisotopic (exact) mass is 452 g/mol. The van der Waals surface area contributed by atoms with E-state index >= 15 is 0 Å². The van der Waals surface area contributed by atoms with Crippen LogP contribution < -0.4 is 14.2 Å². The third-order valence-electron chi connectivity index (χ3n) is 4.91. The summed E-state index contributed by atoms with van der Waals surface area (Å²) in [4.78, 5) is 34.8. The van der Waals surface area contributed by atoms with Gasteiger partial charge in [-0.05, 0) is 23.8 Å². The van der Waals surface area contributed by atoms with E-state index < -0.39 is 23.8 Å². The van der Waals surface area contributed by atoms with Gasteiger partial charge in [-0.15, -0.1) is 0 Å². The lowest BCUT2D eigenvalue weighted by Crippen LogP contribution is -2.16. The van der Waals surface area contributed by atoms with E-state index in [1.54, 1.807) is 42.5 Å². The molecule has 0 saturated heterocycles. The zero-order chi connectivity index (χ0) is 23.0. The van der Waals surface area contributed by atoms with Gasteiger partial charge in [-0.25, -0.2) is 4.79 Å². The number of carboxylic acids is 1. The van der Waals surface area contributed by atoms with Crippen LogP contribution in [0.4, 0.5) is 0 Å². The second kappa shape index (κ2) is 8.36. The summed E-state index contributed by atoms with van der Waals surface area (Å²) in [7, 11) is 0. The van der Waals surface area contributed by atoms with E-state index in [1.807, 2.05) is 0 Å². The molecule has 7 nitrogen and oxygen atoms in total. The highest BCUT2D eigenvalue weighted by Gasteiger charge is 2.33. The molecule has 0 aliphatic carbocycles. The minimum atomic E-state index is -1.07. The van der Waals surface area contributed by atoms with Crippen molar-refractivity contribution in [2.45, 2.75) is 19.8 Å². The molecule has 162 valence electrons. The fourth-order valence-corrected chi connectivity index (χ4v) is 3.94. The van der Waals surface area contributed by atoms with Gasteiger partial charge in [0.25, 0.3) is 0 Å². The highest BCUT2D eigenvalue weighted by atomic mass is 35.5. The Labute approximate surface area is 188 Å². The highest BCUT2D eigenvalue weighted by Crippen LogP contribution is 2.51. The molecule has 0 fully saturated rings. The molecule has 3 aromatic rings. The van der Waals surface area contributed by atoms with Gasteiger partial charge >= 0.3 is 17.9 Å². The summed E-state index contributed by atoms with van der Waals surface area (Å²) in [5, 5.41) is 9.94. The van der Waals surface area contributed by atoms with Crippen molar-refractivity contribution in [1.82, 2.24) is 0 Å². The zero-order valence-electron chi connectivity index (χ0n) is 17.0. The normalized spacial score (nSPS) is 13.9. The zero-order valence-corrected chi connectivity index (χ0v) is 17.8. The Morgan fingerprint density at radius 1 is 0.875 bits per heavy atom. The highest BCUT2D eigenvalue weighted by molar-refractivity contribution is 6.32. The number of halogens is 1. The Bertz CT molecular complexity index is 1270. The molecule has 1 heterocycles. The Hall–Kier alpha value is -3.84. The fourth-order valence-electron chi connectivity index (χ4n) is 3.73. The number of esters is 2. The van der Waals surface area contributed by atoms with Crippen LogP contribution in [0, 0.1) is 0 Å². The quantitative estimate of drug-likeness (QED) is 0.336. The lowest BCUT2D eigenvalue weighted by atomic mass is 9.80. The van der Waals surface area contributed by atoms with Gasteiger partial charge in [0, 0.05) is 43.0 Å². The van der Waals surface area contributed by atoms with Crippen molar-refractivity contribution in [2.24, 2.45) is 0 Å². The van der Waals surface area contributed by atoms with E-state index in [1.165, 1.54) is 26.0 Å². The molecule has 0 bridgehead atoms.